The van der Waals surface area contributed by atoms with E-state index in [1.807, 2.05) is 42.6 Å². The highest BCUT2D eigenvalue weighted by molar-refractivity contribution is 7.17. The number of thiophene rings is 1. The minimum Gasteiger partial charge on any atom is -0.508 e. The van der Waals surface area contributed by atoms with Gasteiger partial charge < -0.3 is 14.9 Å². The van der Waals surface area contributed by atoms with Gasteiger partial charge in [-0.05, 0) is 52.6 Å². The molecule has 0 aliphatic carbocycles. The number of phenols is 1. The number of hydrogen-bond donors (Lipinski definition) is 2. The Morgan fingerprint density at radius 3 is 2.71 bits per heavy atom. The number of benzene rings is 2. The van der Waals surface area contributed by atoms with Crippen molar-refractivity contribution in [1.82, 2.24) is 0 Å². The molecule has 0 aliphatic rings. The largest absolute Gasteiger partial charge is 0.508 e. The van der Waals surface area contributed by atoms with Gasteiger partial charge in [0.2, 0.25) is 0 Å². The lowest BCUT2D eigenvalue weighted by molar-refractivity contribution is -0.136. The van der Waals surface area contributed by atoms with Gasteiger partial charge in [0.05, 0.1) is 6.42 Å². The lowest BCUT2D eigenvalue weighted by Crippen LogP contribution is -1.99. The van der Waals surface area contributed by atoms with Gasteiger partial charge in [0.15, 0.2) is 0 Å². The summed E-state index contributed by atoms with van der Waals surface area (Å²) in [6.45, 7) is 2.33. The molecule has 2 N–H and O–H groups in total. The molecule has 0 amide bonds. The summed E-state index contributed by atoms with van der Waals surface area (Å²) in [7, 11) is 0. The van der Waals surface area contributed by atoms with Crippen LogP contribution in [0.4, 0.5) is 0 Å². The van der Waals surface area contributed by atoms with Crippen LogP contribution < -0.4 is 4.74 Å². The SMILES string of the molecule is CCc1ccc(COc2ccc3c(CC(=O)O)csc3c2)c(O)c1. The molecule has 3 rings (SSSR count). The third-order valence-corrected chi connectivity index (χ3v) is 4.92. The molecule has 1 heterocycles. The van der Waals surface area contributed by atoms with Crippen LogP contribution in [0, 0.1) is 0 Å². The summed E-state index contributed by atoms with van der Waals surface area (Å²) in [5, 5.41) is 21.8. The van der Waals surface area contributed by atoms with Crippen LogP contribution in [0.1, 0.15) is 23.6 Å². The van der Waals surface area contributed by atoms with E-state index in [1.165, 1.54) is 11.3 Å². The molecule has 0 aliphatic heterocycles. The first-order chi connectivity index (χ1) is 11.6. The minimum atomic E-state index is -0.832. The molecule has 0 fully saturated rings. The zero-order chi connectivity index (χ0) is 17.1. The van der Waals surface area contributed by atoms with Gasteiger partial charge in [-0.25, -0.2) is 0 Å². The quantitative estimate of drug-likeness (QED) is 0.698. The third-order valence-electron chi connectivity index (χ3n) is 3.92. The zero-order valence-electron chi connectivity index (χ0n) is 13.3. The number of carbonyl (C=O) groups is 1. The molecule has 124 valence electrons. The monoisotopic (exact) mass is 342 g/mol. The second-order valence-corrected chi connectivity index (χ2v) is 6.51. The Morgan fingerprint density at radius 2 is 2.00 bits per heavy atom. The molecule has 0 saturated heterocycles. The van der Waals surface area contributed by atoms with Crippen LogP contribution in [0.2, 0.25) is 0 Å². The van der Waals surface area contributed by atoms with Crippen molar-refractivity contribution in [2.75, 3.05) is 0 Å². The number of aromatic hydroxyl groups is 1. The van der Waals surface area contributed by atoms with E-state index >= 15 is 0 Å². The normalized spacial score (nSPS) is 10.9. The third kappa shape index (κ3) is 3.51. The number of aryl methyl sites for hydroxylation is 1. The maximum atomic E-state index is 10.9. The van der Waals surface area contributed by atoms with Crippen LogP contribution in [0.5, 0.6) is 11.5 Å². The Balaban J connectivity index is 1.75. The van der Waals surface area contributed by atoms with E-state index in [0.29, 0.717) is 5.75 Å². The van der Waals surface area contributed by atoms with Crippen LogP contribution in [0.25, 0.3) is 10.1 Å². The summed E-state index contributed by atoms with van der Waals surface area (Å²) < 4.78 is 6.77. The number of ether oxygens (including phenoxy) is 1. The number of hydrogen-bond acceptors (Lipinski definition) is 4. The van der Waals surface area contributed by atoms with Crippen molar-refractivity contribution in [3.8, 4) is 11.5 Å². The molecule has 24 heavy (non-hydrogen) atoms. The maximum absolute atomic E-state index is 10.9. The van der Waals surface area contributed by atoms with Crippen molar-refractivity contribution in [3.05, 3.63) is 58.5 Å². The van der Waals surface area contributed by atoms with Crippen LogP contribution in [-0.2, 0) is 24.2 Å². The van der Waals surface area contributed by atoms with Gasteiger partial charge in [0.1, 0.15) is 18.1 Å². The molecule has 1 aromatic heterocycles. The van der Waals surface area contributed by atoms with Crippen LogP contribution in [-0.4, -0.2) is 16.2 Å². The molecule has 0 bridgehead atoms. The minimum absolute atomic E-state index is 0.0256. The Kier molecular flexibility index (Phi) is 4.71. The van der Waals surface area contributed by atoms with Gasteiger partial charge in [0, 0.05) is 10.3 Å². The average Bonchev–Trinajstić information content (AvgIpc) is 2.95. The first-order valence-electron chi connectivity index (χ1n) is 7.72. The van der Waals surface area contributed by atoms with Crippen molar-refractivity contribution < 1.29 is 19.7 Å². The number of fused-ring (bicyclic) bond motifs is 1. The Bertz CT molecular complexity index is 882. The van der Waals surface area contributed by atoms with Crippen molar-refractivity contribution >= 4 is 27.4 Å². The summed E-state index contributed by atoms with van der Waals surface area (Å²) >= 11 is 1.51. The lowest BCUT2D eigenvalue weighted by Gasteiger charge is -2.09. The summed E-state index contributed by atoms with van der Waals surface area (Å²) in [5.41, 5.74) is 2.65. The van der Waals surface area contributed by atoms with E-state index < -0.39 is 5.97 Å². The van der Waals surface area contributed by atoms with E-state index in [2.05, 4.69) is 0 Å². The standard InChI is InChI=1S/C19H18O4S/c1-2-12-3-4-13(17(20)7-12)10-23-15-5-6-16-14(8-19(21)22)11-24-18(16)9-15/h3-7,9,11,20H,2,8,10H2,1H3,(H,21,22). The van der Waals surface area contributed by atoms with Crippen LogP contribution >= 0.6 is 11.3 Å². The summed E-state index contributed by atoms with van der Waals surface area (Å²) in [4.78, 5) is 10.9. The van der Waals surface area contributed by atoms with Crippen molar-refractivity contribution in [2.24, 2.45) is 0 Å². The summed E-state index contributed by atoms with van der Waals surface area (Å²) in [6.07, 6.45) is 0.903. The highest BCUT2D eigenvalue weighted by Crippen LogP contribution is 2.30. The number of aliphatic carboxylic acids is 1. The fourth-order valence-corrected chi connectivity index (χ4v) is 3.56. The molecule has 0 saturated carbocycles. The first kappa shape index (κ1) is 16.3. The smallest absolute Gasteiger partial charge is 0.307 e. The maximum Gasteiger partial charge on any atom is 0.307 e. The van der Waals surface area contributed by atoms with E-state index in [9.17, 15) is 9.90 Å². The highest BCUT2D eigenvalue weighted by Gasteiger charge is 2.09. The van der Waals surface area contributed by atoms with Crippen LogP contribution in [0.15, 0.2) is 41.8 Å². The molecule has 0 spiro atoms. The molecule has 2 aromatic carbocycles. The van der Waals surface area contributed by atoms with Gasteiger partial charge in [0.25, 0.3) is 0 Å². The van der Waals surface area contributed by atoms with E-state index in [1.54, 1.807) is 6.07 Å². The molecule has 0 atom stereocenters. The van der Waals surface area contributed by atoms with Gasteiger partial charge in [-0.1, -0.05) is 19.1 Å². The number of phenolic OH excluding ortho intramolecular Hbond substituents is 1. The fourth-order valence-electron chi connectivity index (χ4n) is 2.57. The summed E-state index contributed by atoms with van der Waals surface area (Å²) in [5.74, 6) is 0.113. The molecule has 0 unspecified atom stereocenters. The molecule has 5 heteroatoms. The average molecular weight is 342 g/mol. The molecule has 0 radical (unpaired) electrons. The Hall–Kier alpha value is -2.53. The predicted molar refractivity (Wildman–Crippen MR) is 95.0 cm³/mol. The van der Waals surface area contributed by atoms with Gasteiger partial charge in [-0.15, -0.1) is 11.3 Å². The second kappa shape index (κ2) is 6.93. The van der Waals surface area contributed by atoms with E-state index in [-0.39, 0.29) is 18.8 Å². The van der Waals surface area contributed by atoms with Crippen molar-refractivity contribution in [1.29, 1.82) is 0 Å². The second-order valence-electron chi connectivity index (χ2n) is 5.59. The Morgan fingerprint density at radius 1 is 1.17 bits per heavy atom. The fraction of sp³-hybridized carbons (Fsp3) is 0.211. The van der Waals surface area contributed by atoms with Crippen LogP contribution in [0.3, 0.4) is 0 Å². The van der Waals surface area contributed by atoms with E-state index in [0.717, 1.165) is 33.2 Å². The topological polar surface area (TPSA) is 66.8 Å². The number of carboxylic acids is 1. The summed E-state index contributed by atoms with van der Waals surface area (Å²) in [6, 6.07) is 11.3. The van der Waals surface area contributed by atoms with Gasteiger partial charge in [-0.3, -0.25) is 4.79 Å². The predicted octanol–water partition coefficient (Wildman–Crippen LogP) is 4.38. The van der Waals surface area contributed by atoms with Gasteiger partial charge >= 0.3 is 5.97 Å². The molecule has 4 nitrogen and oxygen atoms in total. The first-order valence-corrected chi connectivity index (χ1v) is 8.60. The van der Waals surface area contributed by atoms with E-state index in [4.69, 9.17) is 9.84 Å². The Labute approximate surface area is 143 Å². The van der Waals surface area contributed by atoms with Crippen molar-refractivity contribution in [2.45, 2.75) is 26.4 Å². The molecule has 3 aromatic rings. The van der Waals surface area contributed by atoms with Gasteiger partial charge in [-0.2, -0.15) is 0 Å². The lowest BCUT2D eigenvalue weighted by atomic mass is 10.1. The zero-order valence-corrected chi connectivity index (χ0v) is 14.1. The van der Waals surface area contributed by atoms with Crippen molar-refractivity contribution in [3.63, 3.8) is 0 Å². The molecular formula is C19H18O4S. The number of carboxylic acid groups (broad SMARTS) is 1. The highest BCUT2D eigenvalue weighted by atomic mass is 32.1. The number of rotatable bonds is 6. The molecular weight excluding hydrogens is 324 g/mol.